The molecule has 20 heavy (non-hydrogen) atoms. The number of nitrogens with two attached hydrogens (primary N) is 1. The highest BCUT2D eigenvalue weighted by Crippen LogP contribution is 2.23. The monoisotopic (exact) mass is 359 g/mol. The summed E-state index contributed by atoms with van der Waals surface area (Å²) in [4.78, 5) is 1.40. The molecule has 0 saturated heterocycles. The predicted octanol–water partition coefficient (Wildman–Crippen LogP) is 6.30. The molecule has 116 valence electrons. The zero-order valence-corrected chi connectivity index (χ0v) is 15.3. The van der Waals surface area contributed by atoms with Gasteiger partial charge in [-0.15, -0.1) is 11.3 Å². The second-order valence-corrected chi connectivity index (χ2v) is 8.33. The van der Waals surface area contributed by atoms with Crippen molar-refractivity contribution in [3.63, 3.8) is 0 Å². The molecule has 0 amide bonds. The Morgan fingerprint density at radius 2 is 1.60 bits per heavy atom. The van der Waals surface area contributed by atoms with E-state index < -0.39 is 0 Å². The van der Waals surface area contributed by atoms with Crippen LogP contribution in [-0.2, 0) is 6.42 Å². The van der Waals surface area contributed by atoms with Crippen LogP contribution in [0.1, 0.15) is 76.0 Å². The normalized spacial score (nSPS) is 12.8. The van der Waals surface area contributed by atoms with E-state index in [-0.39, 0.29) is 0 Å². The molecule has 1 nitrogen and oxygen atoms in total. The summed E-state index contributed by atoms with van der Waals surface area (Å²) in [5, 5.41) is 0. The van der Waals surface area contributed by atoms with Gasteiger partial charge in [0.1, 0.15) is 0 Å². The highest BCUT2D eigenvalue weighted by molar-refractivity contribution is 9.11. The molecule has 1 heterocycles. The first-order valence-electron chi connectivity index (χ1n) is 8.22. The molecule has 0 saturated carbocycles. The molecule has 3 heteroatoms. The minimum atomic E-state index is 0.338. The highest BCUT2D eigenvalue weighted by Gasteiger charge is 2.06. The summed E-state index contributed by atoms with van der Waals surface area (Å²) in [6.45, 7) is 2.28. The lowest BCUT2D eigenvalue weighted by Gasteiger charge is -2.10. The van der Waals surface area contributed by atoms with Crippen molar-refractivity contribution in [2.75, 3.05) is 0 Å². The third kappa shape index (κ3) is 9.15. The Hall–Kier alpha value is 0.140. The van der Waals surface area contributed by atoms with E-state index in [4.69, 9.17) is 5.73 Å². The van der Waals surface area contributed by atoms with Gasteiger partial charge in [0.15, 0.2) is 0 Å². The van der Waals surface area contributed by atoms with Crippen LogP contribution in [-0.4, -0.2) is 6.04 Å². The molecule has 1 rings (SSSR count). The predicted molar refractivity (Wildman–Crippen MR) is 95.5 cm³/mol. The average molecular weight is 360 g/mol. The lowest BCUT2D eigenvalue weighted by Crippen LogP contribution is -2.22. The van der Waals surface area contributed by atoms with Gasteiger partial charge < -0.3 is 5.73 Å². The molecule has 0 aliphatic rings. The van der Waals surface area contributed by atoms with Crippen LogP contribution in [0.2, 0.25) is 0 Å². The third-order valence-corrected chi connectivity index (χ3v) is 5.42. The van der Waals surface area contributed by atoms with Gasteiger partial charge in [-0.3, -0.25) is 0 Å². The van der Waals surface area contributed by atoms with Gasteiger partial charge in [-0.1, -0.05) is 64.7 Å². The molecule has 0 radical (unpaired) electrons. The quantitative estimate of drug-likeness (QED) is 0.435. The van der Waals surface area contributed by atoms with Gasteiger partial charge in [-0.2, -0.15) is 0 Å². The van der Waals surface area contributed by atoms with E-state index in [0.717, 1.165) is 6.42 Å². The SMILES string of the molecule is CCCCCCCCCCCC(N)Cc1ccc(Br)s1. The summed E-state index contributed by atoms with van der Waals surface area (Å²) in [5.74, 6) is 0. The Labute approximate surface area is 137 Å². The van der Waals surface area contributed by atoms with Gasteiger partial charge in [-0.05, 0) is 40.9 Å². The minimum absolute atomic E-state index is 0.338. The smallest absolute Gasteiger partial charge is 0.0701 e. The van der Waals surface area contributed by atoms with Crippen molar-refractivity contribution in [1.82, 2.24) is 0 Å². The topological polar surface area (TPSA) is 26.0 Å². The van der Waals surface area contributed by atoms with Gasteiger partial charge in [0, 0.05) is 10.9 Å². The largest absolute Gasteiger partial charge is 0.327 e. The van der Waals surface area contributed by atoms with Crippen LogP contribution in [0.15, 0.2) is 15.9 Å². The maximum atomic E-state index is 6.20. The number of hydrogen-bond acceptors (Lipinski definition) is 2. The number of rotatable bonds is 12. The van der Waals surface area contributed by atoms with Crippen molar-refractivity contribution in [1.29, 1.82) is 0 Å². The van der Waals surface area contributed by atoms with Crippen molar-refractivity contribution in [3.05, 3.63) is 20.8 Å². The fourth-order valence-corrected chi connectivity index (χ4v) is 4.12. The molecular weight excluding hydrogens is 330 g/mol. The summed E-state index contributed by atoms with van der Waals surface area (Å²) < 4.78 is 1.21. The van der Waals surface area contributed by atoms with Gasteiger partial charge in [0.25, 0.3) is 0 Å². The number of halogens is 1. The lowest BCUT2D eigenvalue weighted by molar-refractivity contribution is 0.523. The molecule has 0 aliphatic carbocycles. The molecule has 0 fully saturated rings. The maximum absolute atomic E-state index is 6.20. The van der Waals surface area contributed by atoms with Crippen LogP contribution >= 0.6 is 27.3 Å². The Morgan fingerprint density at radius 1 is 1.00 bits per heavy atom. The van der Waals surface area contributed by atoms with E-state index in [1.165, 1.54) is 72.9 Å². The molecular formula is C17H30BrNS. The molecule has 0 aromatic carbocycles. The van der Waals surface area contributed by atoms with E-state index in [1.807, 2.05) is 11.3 Å². The average Bonchev–Trinajstić information content (AvgIpc) is 2.82. The Bertz CT molecular complexity index is 337. The Balaban J connectivity index is 1.90. The Kier molecular flexibility index (Phi) is 10.7. The fourth-order valence-electron chi connectivity index (χ4n) is 2.54. The van der Waals surface area contributed by atoms with Crippen LogP contribution in [0.4, 0.5) is 0 Å². The maximum Gasteiger partial charge on any atom is 0.0701 e. The zero-order valence-electron chi connectivity index (χ0n) is 12.9. The molecule has 1 aromatic heterocycles. The Morgan fingerprint density at radius 3 is 2.15 bits per heavy atom. The summed E-state index contributed by atoms with van der Waals surface area (Å²) in [5.41, 5.74) is 6.20. The van der Waals surface area contributed by atoms with Crippen molar-refractivity contribution in [3.8, 4) is 0 Å². The van der Waals surface area contributed by atoms with E-state index >= 15 is 0 Å². The molecule has 2 N–H and O–H groups in total. The molecule has 1 aromatic rings. The van der Waals surface area contributed by atoms with Crippen LogP contribution < -0.4 is 5.73 Å². The van der Waals surface area contributed by atoms with Crippen LogP contribution in [0.25, 0.3) is 0 Å². The highest BCUT2D eigenvalue weighted by atomic mass is 79.9. The fraction of sp³-hybridized carbons (Fsp3) is 0.765. The van der Waals surface area contributed by atoms with E-state index in [0.29, 0.717) is 6.04 Å². The van der Waals surface area contributed by atoms with Crippen LogP contribution in [0, 0.1) is 0 Å². The number of hydrogen-bond donors (Lipinski definition) is 1. The van der Waals surface area contributed by atoms with Crippen LogP contribution in [0.3, 0.4) is 0 Å². The first-order chi connectivity index (χ1) is 9.72. The second-order valence-electron chi connectivity index (χ2n) is 5.79. The second kappa shape index (κ2) is 11.8. The number of thiophene rings is 1. The van der Waals surface area contributed by atoms with Gasteiger partial charge in [0.2, 0.25) is 0 Å². The molecule has 1 unspecified atom stereocenters. The van der Waals surface area contributed by atoms with Crippen molar-refractivity contribution in [2.24, 2.45) is 5.73 Å². The van der Waals surface area contributed by atoms with E-state index in [2.05, 4.69) is 35.0 Å². The zero-order chi connectivity index (χ0) is 14.6. The lowest BCUT2D eigenvalue weighted by atomic mass is 10.0. The standard InChI is InChI=1S/C17H30BrNS/c1-2-3-4-5-6-7-8-9-10-11-15(19)14-16-12-13-17(18)20-16/h12-13,15H,2-11,14,19H2,1H3. The first-order valence-corrected chi connectivity index (χ1v) is 9.83. The molecule has 0 bridgehead atoms. The first kappa shape index (κ1) is 18.2. The molecule has 0 spiro atoms. The van der Waals surface area contributed by atoms with E-state index in [9.17, 15) is 0 Å². The van der Waals surface area contributed by atoms with Gasteiger partial charge in [0.05, 0.1) is 3.79 Å². The third-order valence-electron chi connectivity index (χ3n) is 3.77. The van der Waals surface area contributed by atoms with Crippen molar-refractivity contribution < 1.29 is 0 Å². The summed E-state index contributed by atoms with van der Waals surface area (Å²) in [6.07, 6.45) is 14.7. The summed E-state index contributed by atoms with van der Waals surface area (Å²) >= 11 is 5.31. The van der Waals surface area contributed by atoms with Gasteiger partial charge in [-0.25, -0.2) is 0 Å². The molecule has 1 atom stereocenters. The number of unbranched alkanes of at least 4 members (excludes halogenated alkanes) is 8. The van der Waals surface area contributed by atoms with Gasteiger partial charge >= 0.3 is 0 Å². The molecule has 0 aliphatic heterocycles. The minimum Gasteiger partial charge on any atom is -0.327 e. The van der Waals surface area contributed by atoms with Crippen molar-refractivity contribution in [2.45, 2.75) is 83.6 Å². The summed E-state index contributed by atoms with van der Waals surface area (Å²) in [6, 6.07) is 4.64. The van der Waals surface area contributed by atoms with E-state index in [1.54, 1.807) is 0 Å². The van der Waals surface area contributed by atoms with Crippen molar-refractivity contribution >= 4 is 27.3 Å². The summed E-state index contributed by atoms with van der Waals surface area (Å²) in [7, 11) is 0. The van der Waals surface area contributed by atoms with Crippen LogP contribution in [0.5, 0.6) is 0 Å².